The highest BCUT2D eigenvalue weighted by Gasteiger charge is 2.03. The fourth-order valence-electron chi connectivity index (χ4n) is 1.75. The van der Waals surface area contributed by atoms with Crippen LogP contribution in [-0.4, -0.2) is 16.6 Å². The first kappa shape index (κ1) is 14.3. The average Bonchev–Trinajstić information content (AvgIpc) is 2.81. The Balaban J connectivity index is 2.37. The van der Waals surface area contributed by atoms with Crippen LogP contribution in [0.3, 0.4) is 0 Å². The molecule has 0 fully saturated rings. The summed E-state index contributed by atoms with van der Waals surface area (Å²) in [5.41, 5.74) is 2.15. The molecule has 20 heavy (non-hydrogen) atoms. The molecule has 1 heterocycles. The van der Waals surface area contributed by atoms with Crippen LogP contribution in [0.5, 0.6) is 0 Å². The molecule has 0 radical (unpaired) electrons. The summed E-state index contributed by atoms with van der Waals surface area (Å²) in [7, 11) is 0. The molecule has 0 saturated carbocycles. The Bertz CT molecular complexity index is 714. The minimum atomic E-state index is 0.229. The zero-order chi connectivity index (χ0) is 14.5. The number of aliphatic hydroxyl groups excluding tert-OH is 1. The van der Waals surface area contributed by atoms with Gasteiger partial charge in [-0.1, -0.05) is 6.58 Å². The molecule has 0 amide bonds. The number of hydrogen-bond donors (Lipinski definition) is 2. The quantitative estimate of drug-likeness (QED) is 0.850. The molecule has 3 nitrogen and oxygen atoms in total. The third-order valence-corrected chi connectivity index (χ3v) is 3.91. The van der Waals surface area contributed by atoms with E-state index in [1.54, 1.807) is 19.1 Å². The second-order valence-corrected chi connectivity index (χ2v) is 5.33. The Hall–Kier alpha value is -2.07. The normalized spacial score (nSPS) is 12.7. The molecule has 0 aliphatic carbocycles. The summed E-state index contributed by atoms with van der Waals surface area (Å²) in [6, 6.07) is 8.15. The van der Waals surface area contributed by atoms with E-state index in [1.807, 2.05) is 24.3 Å². The van der Waals surface area contributed by atoms with Crippen molar-refractivity contribution in [3.05, 3.63) is 46.0 Å². The van der Waals surface area contributed by atoms with Crippen molar-refractivity contribution in [2.45, 2.75) is 13.8 Å². The number of aliphatic hydroxyl groups is 1. The van der Waals surface area contributed by atoms with Crippen LogP contribution in [0.1, 0.15) is 13.8 Å². The standard InChI is InChI=1S/C16H18N2OS/c1-4-14(19)10-15-11(3)18-16(20-15)12-6-8-13(9-7-12)17-5-2/h4,6-10,17,19H,3,5H2,1-2H3/b14-4+,15-10+. The molecule has 1 aromatic carbocycles. The lowest BCUT2D eigenvalue weighted by atomic mass is 10.2. The molecule has 2 aromatic rings. The van der Waals surface area contributed by atoms with Crippen molar-refractivity contribution in [2.75, 3.05) is 11.9 Å². The number of rotatable bonds is 4. The number of nitrogens with one attached hydrogen (secondary N) is 1. The van der Waals surface area contributed by atoms with E-state index in [9.17, 15) is 5.11 Å². The van der Waals surface area contributed by atoms with Gasteiger partial charge in [0, 0.05) is 17.8 Å². The van der Waals surface area contributed by atoms with Gasteiger partial charge in [-0.3, -0.25) is 0 Å². The molecule has 104 valence electrons. The number of hydrogen-bond acceptors (Lipinski definition) is 4. The molecule has 1 aromatic heterocycles. The van der Waals surface area contributed by atoms with E-state index in [1.165, 1.54) is 11.3 Å². The zero-order valence-corrected chi connectivity index (χ0v) is 12.5. The van der Waals surface area contributed by atoms with Crippen LogP contribution < -0.4 is 15.2 Å². The van der Waals surface area contributed by atoms with E-state index >= 15 is 0 Å². The van der Waals surface area contributed by atoms with Crippen molar-refractivity contribution in [3.8, 4) is 10.6 Å². The number of benzene rings is 1. The highest BCUT2D eigenvalue weighted by molar-refractivity contribution is 7.13. The molecule has 2 N–H and O–H groups in total. The Morgan fingerprint density at radius 1 is 1.40 bits per heavy atom. The van der Waals surface area contributed by atoms with Crippen LogP contribution in [-0.2, 0) is 0 Å². The molecular formula is C16H18N2OS. The maximum Gasteiger partial charge on any atom is 0.124 e. The molecule has 0 unspecified atom stereocenters. The van der Waals surface area contributed by atoms with Gasteiger partial charge < -0.3 is 10.4 Å². The van der Waals surface area contributed by atoms with Gasteiger partial charge in [-0.15, -0.1) is 11.3 Å². The topological polar surface area (TPSA) is 45.2 Å². The lowest BCUT2D eigenvalue weighted by molar-refractivity contribution is 0.440. The largest absolute Gasteiger partial charge is 0.508 e. The lowest BCUT2D eigenvalue weighted by Crippen LogP contribution is -2.18. The molecule has 0 aliphatic rings. The molecule has 2 rings (SSSR count). The number of thiazole rings is 1. The van der Waals surface area contributed by atoms with Crippen LogP contribution in [0.2, 0.25) is 0 Å². The van der Waals surface area contributed by atoms with Gasteiger partial charge in [-0.25, -0.2) is 4.98 Å². The van der Waals surface area contributed by atoms with Crippen molar-refractivity contribution in [1.29, 1.82) is 0 Å². The molecule has 0 aliphatic heterocycles. The third kappa shape index (κ3) is 3.27. The predicted octanol–water partition coefficient (Wildman–Crippen LogP) is 2.89. The van der Waals surface area contributed by atoms with Gasteiger partial charge in [0.15, 0.2) is 0 Å². The molecule has 4 heteroatoms. The molecule has 0 bridgehead atoms. The van der Waals surface area contributed by atoms with Crippen molar-refractivity contribution in [3.63, 3.8) is 0 Å². The van der Waals surface area contributed by atoms with Gasteiger partial charge in [-0.2, -0.15) is 0 Å². The highest BCUT2D eigenvalue weighted by Crippen LogP contribution is 2.20. The highest BCUT2D eigenvalue weighted by atomic mass is 32.1. The molecular weight excluding hydrogens is 268 g/mol. The van der Waals surface area contributed by atoms with E-state index < -0.39 is 0 Å². The maximum atomic E-state index is 9.56. The Kier molecular flexibility index (Phi) is 4.58. The van der Waals surface area contributed by atoms with Crippen molar-refractivity contribution < 1.29 is 5.11 Å². The SMILES string of the molecule is C=c1nc(-c2ccc(NCC)cc2)s/c1=C/C(O)=C\C. The lowest BCUT2D eigenvalue weighted by Gasteiger charge is -2.03. The minimum Gasteiger partial charge on any atom is -0.508 e. The summed E-state index contributed by atoms with van der Waals surface area (Å²) in [4.78, 5) is 4.46. The number of nitrogens with zero attached hydrogens (tertiary/aromatic N) is 1. The van der Waals surface area contributed by atoms with Gasteiger partial charge in [-0.05, 0) is 50.3 Å². The molecule has 0 saturated heterocycles. The zero-order valence-electron chi connectivity index (χ0n) is 11.7. The predicted molar refractivity (Wildman–Crippen MR) is 87.3 cm³/mol. The maximum absolute atomic E-state index is 9.56. The molecule has 0 atom stereocenters. The summed E-state index contributed by atoms with van der Waals surface area (Å²) < 4.78 is 0.881. The van der Waals surface area contributed by atoms with Crippen LogP contribution in [0.25, 0.3) is 23.2 Å². The van der Waals surface area contributed by atoms with Crippen LogP contribution in [0.4, 0.5) is 5.69 Å². The van der Waals surface area contributed by atoms with Crippen molar-refractivity contribution in [2.24, 2.45) is 0 Å². The van der Waals surface area contributed by atoms with Crippen LogP contribution in [0.15, 0.2) is 36.1 Å². The fourth-order valence-corrected chi connectivity index (χ4v) is 2.71. The average molecular weight is 286 g/mol. The van der Waals surface area contributed by atoms with E-state index in [4.69, 9.17) is 0 Å². The number of anilines is 1. The summed E-state index contributed by atoms with van der Waals surface area (Å²) in [6.45, 7) is 8.68. The second kappa shape index (κ2) is 6.39. The second-order valence-electron chi connectivity index (χ2n) is 4.30. The van der Waals surface area contributed by atoms with E-state index in [2.05, 4.69) is 23.8 Å². The summed E-state index contributed by atoms with van der Waals surface area (Å²) >= 11 is 1.53. The first-order valence-electron chi connectivity index (χ1n) is 6.51. The monoisotopic (exact) mass is 286 g/mol. The van der Waals surface area contributed by atoms with Gasteiger partial charge in [0.25, 0.3) is 0 Å². The summed E-state index contributed by atoms with van der Waals surface area (Å²) in [5, 5.41) is 14.4. The van der Waals surface area contributed by atoms with Gasteiger partial charge in [0.05, 0.1) is 9.88 Å². The van der Waals surface area contributed by atoms with E-state index in [0.717, 1.165) is 27.3 Å². The fraction of sp³-hybridized carbons (Fsp3) is 0.188. The first-order valence-corrected chi connectivity index (χ1v) is 7.32. The molecule has 0 spiro atoms. The minimum absolute atomic E-state index is 0.229. The smallest absolute Gasteiger partial charge is 0.124 e. The van der Waals surface area contributed by atoms with Crippen LogP contribution >= 0.6 is 11.3 Å². The van der Waals surface area contributed by atoms with Gasteiger partial charge >= 0.3 is 0 Å². The van der Waals surface area contributed by atoms with Gasteiger partial charge in [0.2, 0.25) is 0 Å². The first-order chi connectivity index (χ1) is 9.63. The van der Waals surface area contributed by atoms with E-state index in [0.29, 0.717) is 5.35 Å². The summed E-state index contributed by atoms with van der Waals surface area (Å²) in [5.74, 6) is 0.229. The number of aromatic nitrogens is 1. The van der Waals surface area contributed by atoms with Crippen molar-refractivity contribution >= 4 is 29.7 Å². The Labute approximate surface area is 122 Å². The Morgan fingerprint density at radius 3 is 2.70 bits per heavy atom. The summed E-state index contributed by atoms with van der Waals surface area (Å²) in [6.07, 6.45) is 3.33. The van der Waals surface area contributed by atoms with Crippen molar-refractivity contribution in [1.82, 2.24) is 4.98 Å². The Morgan fingerprint density at radius 2 is 2.10 bits per heavy atom. The van der Waals surface area contributed by atoms with Gasteiger partial charge in [0.1, 0.15) is 10.8 Å². The van der Waals surface area contributed by atoms with Crippen LogP contribution in [0, 0.1) is 0 Å². The number of allylic oxidation sites excluding steroid dienone is 2. The third-order valence-electron chi connectivity index (χ3n) is 2.82. The van der Waals surface area contributed by atoms with E-state index in [-0.39, 0.29) is 5.76 Å².